The smallest absolute Gasteiger partial charge is 0.338 e. The number of likely N-dealkylation sites (tertiary alicyclic amines) is 1. The van der Waals surface area contributed by atoms with Crippen LogP contribution in [0.4, 0.5) is 17.6 Å². The number of carbonyl (C=O) groups is 2. The first-order valence-corrected chi connectivity index (χ1v) is 11.2. The van der Waals surface area contributed by atoms with E-state index in [1.165, 1.54) is 35.2 Å². The molecule has 1 saturated heterocycles. The van der Waals surface area contributed by atoms with E-state index in [0.717, 1.165) is 26.5 Å². The molecule has 0 radical (unpaired) electrons. The van der Waals surface area contributed by atoms with Crippen LogP contribution >= 0.6 is 0 Å². The van der Waals surface area contributed by atoms with Crippen molar-refractivity contribution in [1.29, 1.82) is 0 Å². The third-order valence-corrected chi connectivity index (χ3v) is 6.36. The number of benzene rings is 1. The molecule has 3 heterocycles. The molecule has 2 aliphatic heterocycles. The van der Waals surface area contributed by atoms with Crippen LogP contribution in [0, 0.1) is 11.6 Å². The topological polar surface area (TPSA) is 93.1 Å². The summed E-state index contributed by atoms with van der Waals surface area (Å²) in [5, 5.41) is 2.95. The lowest BCUT2D eigenvalue weighted by molar-refractivity contribution is -0.146. The zero-order valence-corrected chi connectivity index (χ0v) is 20.2. The van der Waals surface area contributed by atoms with Crippen LogP contribution in [0.5, 0.6) is 0 Å². The normalized spacial score (nSPS) is 23.3. The van der Waals surface area contributed by atoms with Gasteiger partial charge in [-0.3, -0.25) is 9.69 Å². The molecule has 1 N–H and O–H groups in total. The number of rotatable bonds is 6. The van der Waals surface area contributed by atoms with Gasteiger partial charge < -0.3 is 14.8 Å². The van der Waals surface area contributed by atoms with Crippen LogP contribution in [0.3, 0.4) is 0 Å². The predicted octanol–water partition coefficient (Wildman–Crippen LogP) is 2.93. The van der Waals surface area contributed by atoms with Crippen LogP contribution in [-0.4, -0.2) is 66.9 Å². The van der Waals surface area contributed by atoms with Crippen molar-refractivity contribution in [3.63, 3.8) is 0 Å². The number of halogens is 4. The van der Waals surface area contributed by atoms with Crippen LogP contribution in [0.2, 0.25) is 0 Å². The van der Waals surface area contributed by atoms with Crippen molar-refractivity contribution in [2.24, 2.45) is 4.99 Å². The average Bonchev–Trinajstić information content (AvgIpc) is 3.17. The van der Waals surface area contributed by atoms with E-state index in [1.54, 1.807) is 6.92 Å². The van der Waals surface area contributed by atoms with Gasteiger partial charge in [0.05, 0.1) is 32.5 Å². The largest absolute Gasteiger partial charge is 0.468 e. The van der Waals surface area contributed by atoms with E-state index in [1.807, 2.05) is 0 Å². The first kappa shape index (κ1) is 26.3. The van der Waals surface area contributed by atoms with Gasteiger partial charge in [-0.25, -0.2) is 32.3 Å². The number of hydrogen-bond donors (Lipinski definition) is 1. The molecule has 0 bridgehead atoms. The number of nitrogens with zero attached hydrogens (tertiary/aromatic N) is 3. The molecule has 0 spiro atoms. The monoisotopic (exact) mass is 520 g/mol. The fraction of sp³-hybridized carbons (Fsp3) is 0.360. The number of pyridine rings is 1. The van der Waals surface area contributed by atoms with E-state index in [4.69, 9.17) is 9.47 Å². The number of carbonyl (C=O) groups excluding carboxylic acids is 2. The fourth-order valence-electron chi connectivity index (χ4n) is 4.59. The summed E-state index contributed by atoms with van der Waals surface area (Å²) in [5.41, 5.74) is -0.820. The zero-order valence-electron chi connectivity index (χ0n) is 20.2. The molecular weight excluding hydrogens is 496 g/mol. The number of methoxy groups -OCH3 is 2. The van der Waals surface area contributed by atoms with Gasteiger partial charge in [0, 0.05) is 18.7 Å². The van der Waals surface area contributed by atoms with Crippen LogP contribution in [0.25, 0.3) is 0 Å². The summed E-state index contributed by atoms with van der Waals surface area (Å²) in [7, 11) is 2.26. The van der Waals surface area contributed by atoms with Gasteiger partial charge in [-0.1, -0.05) is 12.1 Å². The van der Waals surface area contributed by atoms with E-state index < -0.39 is 54.0 Å². The van der Waals surface area contributed by atoms with Crippen molar-refractivity contribution in [2.75, 3.05) is 27.3 Å². The molecular formula is C25H24F4N4O4. The second kappa shape index (κ2) is 9.92. The van der Waals surface area contributed by atoms with E-state index in [-0.39, 0.29) is 29.3 Å². The summed E-state index contributed by atoms with van der Waals surface area (Å²) < 4.78 is 65.7. The van der Waals surface area contributed by atoms with E-state index in [0.29, 0.717) is 5.56 Å². The van der Waals surface area contributed by atoms with Gasteiger partial charge in [-0.15, -0.1) is 0 Å². The SMILES string of the molecule is COC(=O)C1=C(CN2CC(F)(F)C[C@H]2C(=O)OC)NC(c2ccc(F)cn2)=NC1(C)c1ccc(F)cc1. The van der Waals surface area contributed by atoms with Crippen molar-refractivity contribution in [3.05, 3.63) is 76.8 Å². The highest BCUT2D eigenvalue weighted by Gasteiger charge is 2.50. The van der Waals surface area contributed by atoms with Gasteiger partial charge >= 0.3 is 11.9 Å². The maximum atomic E-state index is 14.4. The Labute approximate surface area is 210 Å². The molecule has 1 unspecified atom stereocenters. The van der Waals surface area contributed by atoms with Crippen LogP contribution in [0.1, 0.15) is 24.6 Å². The van der Waals surface area contributed by atoms with Crippen molar-refractivity contribution in [2.45, 2.75) is 30.8 Å². The Morgan fingerprint density at radius 3 is 2.35 bits per heavy atom. The van der Waals surface area contributed by atoms with Crippen molar-refractivity contribution in [3.8, 4) is 0 Å². The van der Waals surface area contributed by atoms with Crippen molar-refractivity contribution >= 4 is 17.8 Å². The van der Waals surface area contributed by atoms with Crippen LogP contribution < -0.4 is 5.32 Å². The van der Waals surface area contributed by atoms with Crippen molar-refractivity contribution < 1.29 is 36.6 Å². The summed E-state index contributed by atoms with van der Waals surface area (Å²) in [6.45, 7) is 0.505. The van der Waals surface area contributed by atoms with E-state index >= 15 is 0 Å². The number of hydrogen-bond acceptors (Lipinski definition) is 8. The Balaban J connectivity index is 1.88. The molecule has 196 valence electrons. The highest BCUT2D eigenvalue weighted by molar-refractivity contribution is 6.03. The molecule has 2 aromatic rings. The Kier molecular flexibility index (Phi) is 7.05. The minimum absolute atomic E-state index is 0.0358. The first-order chi connectivity index (χ1) is 17.5. The number of aliphatic imine (C=N–C) groups is 1. The van der Waals surface area contributed by atoms with Gasteiger partial charge in [0.25, 0.3) is 5.92 Å². The Bertz CT molecular complexity index is 1260. The second-order valence-corrected chi connectivity index (χ2v) is 8.88. The molecule has 0 amide bonds. The van der Waals surface area contributed by atoms with Crippen molar-refractivity contribution in [1.82, 2.24) is 15.2 Å². The summed E-state index contributed by atoms with van der Waals surface area (Å²) >= 11 is 0. The Hall–Kier alpha value is -3.80. The average molecular weight is 520 g/mol. The van der Waals surface area contributed by atoms with E-state index in [2.05, 4.69) is 15.3 Å². The summed E-state index contributed by atoms with van der Waals surface area (Å²) in [5.74, 6) is -5.83. The number of esters is 2. The van der Waals surface area contributed by atoms with Gasteiger partial charge in [-0.2, -0.15) is 0 Å². The number of ether oxygens (including phenoxy) is 2. The summed E-state index contributed by atoms with van der Waals surface area (Å²) in [6, 6.07) is 6.50. The standard InChI is InChI=1S/C25H24F4N4O4/c1-24(14-4-6-15(26)7-5-14)20(23(35)37-3)18(31-21(32-24)17-9-8-16(27)11-30-17)12-33-13-25(28,29)10-19(33)22(34)36-2/h4-9,11,19H,10,12-13H2,1-3H3,(H,31,32)/t19-,24?/m0/s1. The molecule has 12 heteroatoms. The maximum absolute atomic E-state index is 14.4. The van der Waals surface area contributed by atoms with Gasteiger partial charge in [0.1, 0.15) is 28.9 Å². The van der Waals surface area contributed by atoms with Gasteiger partial charge in [-0.05, 0) is 36.8 Å². The highest BCUT2D eigenvalue weighted by Crippen LogP contribution is 2.40. The predicted molar refractivity (Wildman–Crippen MR) is 124 cm³/mol. The number of aromatic nitrogens is 1. The lowest BCUT2D eigenvalue weighted by Crippen LogP contribution is -2.47. The second-order valence-electron chi connectivity index (χ2n) is 8.88. The van der Waals surface area contributed by atoms with E-state index in [9.17, 15) is 27.2 Å². The molecule has 0 aliphatic carbocycles. The molecule has 2 atom stereocenters. The minimum atomic E-state index is -3.17. The lowest BCUT2D eigenvalue weighted by Gasteiger charge is -2.36. The molecule has 2 aliphatic rings. The molecule has 4 rings (SSSR count). The third kappa shape index (κ3) is 5.19. The third-order valence-electron chi connectivity index (χ3n) is 6.36. The summed E-state index contributed by atoms with van der Waals surface area (Å²) in [6.07, 6.45) is 0.221. The minimum Gasteiger partial charge on any atom is -0.468 e. The molecule has 0 saturated carbocycles. The quantitative estimate of drug-likeness (QED) is 0.463. The highest BCUT2D eigenvalue weighted by atomic mass is 19.3. The molecule has 37 heavy (non-hydrogen) atoms. The van der Waals surface area contributed by atoms with Gasteiger partial charge in [0.15, 0.2) is 5.84 Å². The number of alkyl halides is 2. The number of amidine groups is 1. The van der Waals surface area contributed by atoms with Gasteiger partial charge in [0.2, 0.25) is 0 Å². The molecule has 1 fully saturated rings. The number of nitrogens with one attached hydrogen (secondary N) is 1. The molecule has 1 aromatic carbocycles. The molecule has 1 aromatic heterocycles. The van der Waals surface area contributed by atoms with Crippen LogP contribution in [0.15, 0.2) is 58.9 Å². The molecule has 8 nitrogen and oxygen atoms in total. The Morgan fingerprint density at radius 1 is 1.08 bits per heavy atom. The summed E-state index contributed by atoms with van der Waals surface area (Å²) in [4.78, 5) is 35.3. The first-order valence-electron chi connectivity index (χ1n) is 11.2. The fourth-order valence-corrected chi connectivity index (χ4v) is 4.59. The lowest BCUT2D eigenvalue weighted by atomic mass is 9.82. The van der Waals surface area contributed by atoms with Crippen LogP contribution in [-0.2, 0) is 24.6 Å². The maximum Gasteiger partial charge on any atom is 0.338 e. The zero-order chi connectivity index (χ0) is 27.0. The Morgan fingerprint density at radius 2 is 1.76 bits per heavy atom.